The highest BCUT2D eigenvalue weighted by Crippen LogP contribution is 2.24. The second-order valence-corrected chi connectivity index (χ2v) is 7.22. The number of hydrogen-bond donors (Lipinski definition) is 2. The SMILES string of the molecule is COc1ccc(Cl)cc1C(=O)Nc1ccc(C(=O)N2CCC(C(=O)O)CC2)cc1. The van der Waals surface area contributed by atoms with E-state index in [2.05, 4.69) is 5.32 Å². The van der Waals surface area contributed by atoms with Gasteiger partial charge in [-0.25, -0.2) is 0 Å². The first-order chi connectivity index (χ1) is 13.9. The van der Waals surface area contributed by atoms with Crippen LogP contribution in [0.4, 0.5) is 5.69 Å². The van der Waals surface area contributed by atoms with Crippen molar-refractivity contribution in [2.24, 2.45) is 5.92 Å². The van der Waals surface area contributed by atoms with Gasteiger partial charge in [0.15, 0.2) is 0 Å². The Bertz CT molecular complexity index is 921. The molecular formula is C21H21ClN2O5. The molecule has 1 fully saturated rings. The van der Waals surface area contributed by atoms with Crippen LogP contribution >= 0.6 is 11.6 Å². The van der Waals surface area contributed by atoms with E-state index in [1.807, 2.05) is 0 Å². The summed E-state index contributed by atoms with van der Waals surface area (Å²) in [5, 5.41) is 12.2. The molecule has 1 heterocycles. The van der Waals surface area contributed by atoms with Crippen molar-refractivity contribution in [3.63, 3.8) is 0 Å². The number of carboxylic acids is 1. The van der Waals surface area contributed by atoms with Crippen molar-refractivity contribution in [2.45, 2.75) is 12.8 Å². The first-order valence-electron chi connectivity index (χ1n) is 9.16. The molecule has 2 aromatic rings. The number of amides is 2. The lowest BCUT2D eigenvalue weighted by molar-refractivity contribution is -0.143. The lowest BCUT2D eigenvalue weighted by atomic mass is 9.96. The van der Waals surface area contributed by atoms with Crippen LogP contribution in [0.2, 0.25) is 5.02 Å². The molecule has 0 aromatic heterocycles. The van der Waals surface area contributed by atoms with E-state index in [1.165, 1.54) is 13.2 Å². The molecule has 0 bridgehead atoms. The minimum atomic E-state index is -0.812. The highest BCUT2D eigenvalue weighted by atomic mass is 35.5. The zero-order valence-corrected chi connectivity index (χ0v) is 16.6. The lowest BCUT2D eigenvalue weighted by Gasteiger charge is -2.30. The Morgan fingerprint density at radius 2 is 1.76 bits per heavy atom. The Kier molecular flexibility index (Phi) is 6.39. The summed E-state index contributed by atoms with van der Waals surface area (Å²) in [6.07, 6.45) is 0.910. The van der Waals surface area contributed by atoms with Gasteiger partial charge in [0.05, 0.1) is 18.6 Å². The molecule has 29 heavy (non-hydrogen) atoms. The van der Waals surface area contributed by atoms with Gasteiger partial charge >= 0.3 is 5.97 Å². The number of aliphatic carboxylic acids is 1. The van der Waals surface area contributed by atoms with E-state index in [4.69, 9.17) is 21.4 Å². The maximum Gasteiger partial charge on any atom is 0.306 e. The number of rotatable bonds is 5. The van der Waals surface area contributed by atoms with Gasteiger partial charge in [0.1, 0.15) is 5.75 Å². The molecule has 7 nitrogen and oxygen atoms in total. The predicted molar refractivity (Wildman–Crippen MR) is 109 cm³/mol. The molecule has 0 atom stereocenters. The molecule has 8 heteroatoms. The van der Waals surface area contributed by atoms with Crippen molar-refractivity contribution < 1.29 is 24.2 Å². The standard InChI is InChI=1S/C21H21ClN2O5/c1-29-18-7-4-15(22)12-17(18)19(25)23-16-5-2-13(3-6-16)20(26)24-10-8-14(9-11-24)21(27)28/h2-7,12,14H,8-11H2,1H3,(H,23,25)(H,27,28). The number of benzene rings is 2. The van der Waals surface area contributed by atoms with Crippen molar-refractivity contribution in [2.75, 3.05) is 25.5 Å². The van der Waals surface area contributed by atoms with E-state index >= 15 is 0 Å². The summed E-state index contributed by atoms with van der Waals surface area (Å²) < 4.78 is 5.19. The molecule has 1 aliphatic rings. The summed E-state index contributed by atoms with van der Waals surface area (Å²) in [6.45, 7) is 0.839. The third-order valence-corrected chi connectivity index (χ3v) is 5.16. The third-order valence-electron chi connectivity index (χ3n) is 4.93. The summed E-state index contributed by atoms with van der Waals surface area (Å²) in [5.41, 5.74) is 1.32. The number of nitrogens with zero attached hydrogens (tertiary/aromatic N) is 1. The first-order valence-corrected chi connectivity index (χ1v) is 9.54. The van der Waals surface area contributed by atoms with Crippen LogP contribution < -0.4 is 10.1 Å². The quantitative estimate of drug-likeness (QED) is 0.777. The highest BCUT2D eigenvalue weighted by molar-refractivity contribution is 6.31. The Morgan fingerprint density at radius 3 is 2.34 bits per heavy atom. The maximum atomic E-state index is 12.6. The normalized spacial score (nSPS) is 14.3. The predicted octanol–water partition coefficient (Wildman–Crippen LogP) is 3.54. The summed E-state index contributed by atoms with van der Waals surface area (Å²) in [4.78, 5) is 37.8. The fourth-order valence-electron chi connectivity index (χ4n) is 3.26. The molecule has 2 amide bonds. The molecule has 0 radical (unpaired) electrons. The molecule has 2 aromatic carbocycles. The summed E-state index contributed by atoms with van der Waals surface area (Å²) >= 11 is 5.97. The number of ether oxygens (including phenoxy) is 1. The Balaban J connectivity index is 1.65. The summed E-state index contributed by atoms with van der Waals surface area (Å²) in [7, 11) is 1.47. The fourth-order valence-corrected chi connectivity index (χ4v) is 3.44. The Morgan fingerprint density at radius 1 is 1.10 bits per heavy atom. The van der Waals surface area contributed by atoms with Gasteiger partial charge in [0.2, 0.25) is 0 Å². The minimum absolute atomic E-state index is 0.150. The number of hydrogen-bond acceptors (Lipinski definition) is 4. The number of nitrogens with one attached hydrogen (secondary N) is 1. The molecular weight excluding hydrogens is 396 g/mol. The number of halogens is 1. The van der Waals surface area contributed by atoms with Crippen LogP contribution in [-0.2, 0) is 4.79 Å². The van der Waals surface area contributed by atoms with Gasteiger partial charge in [-0.05, 0) is 55.3 Å². The van der Waals surface area contributed by atoms with E-state index in [-0.39, 0.29) is 17.7 Å². The Labute approximate surface area is 173 Å². The zero-order valence-electron chi connectivity index (χ0n) is 15.9. The number of carboxylic acid groups (broad SMARTS) is 1. The highest BCUT2D eigenvalue weighted by Gasteiger charge is 2.27. The largest absolute Gasteiger partial charge is 0.496 e. The third kappa shape index (κ3) is 4.86. The van der Waals surface area contributed by atoms with E-state index in [0.29, 0.717) is 53.5 Å². The van der Waals surface area contributed by atoms with Crippen LogP contribution in [0.15, 0.2) is 42.5 Å². The van der Waals surface area contributed by atoms with E-state index in [1.54, 1.807) is 41.3 Å². The van der Waals surface area contributed by atoms with Crippen LogP contribution in [0.1, 0.15) is 33.6 Å². The smallest absolute Gasteiger partial charge is 0.306 e. The number of likely N-dealkylation sites (tertiary alicyclic amines) is 1. The maximum absolute atomic E-state index is 12.6. The average Bonchev–Trinajstić information content (AvgIpc) is 2.73. The van der Waals surface area contributed by atoms with Gasteiger partial charge in [0.25, 0.3) is 11.8 Å². The molecule has 0 saturated carbocycles. The van der Waals surface area contributed by atoms with E-state index in [0.717, 1.165) is 0 Å². The van der Waals surface area contributed by atoms with Crippen LogP contribution in [0.25, 0.3) is 0 Å². The molecule has 152 valence electrons. The van der Waals surface area contributed by atoms with Gasteiger partial charge in [-0.3, -0.25) is 14.4 Å². The first kappa shape index (κ1) is 20.7. The van der Waals surface area contributed by atoms with Crippen LogP contribution in [-0.4, -0.2) is 48.0 Å². The molecule has 2 N–H and O–H groups in total. The number of carbonyl (C=O) groups is 3. The van der Waals surface area contributed by atoms with Gasteiger partial charge in [-0.1, -0.05) is 11.6 Å². The average molecular weight is 417 g/mol. The van der Waals surface area contributed by atoms with Crippen LogP contribution in [0.3, 0.4) is 0 Å². The zero-order chi connectivity index (χ0) is 21.0. The number of anilines is 1. The van der Waals surface area contributed by atoms with Crippen LogP contribution in [0.5, 0.6) is 5.75 Å². The second kappa shape index (κ2) is 8.96. The molecule has 1 saturated heterocycles. The monoisotopic (exact) mass is 416 g/mol. The van der Waals surface area contributed by atoms with Crippen molar-refractivity contribution in [1.82, 2.24) is 4.90 Å². The number of piperidine rings is 1. The van der Waals surface area contributed by atoms with Crippen molar-refractivity contribution in [3.8, 4) is 5.75 Å². The number of methoxy groups -OCH3 is 1. The number of carbonyl (C=O) groups excluding carboxylic acids is 2. The molecule has 1 aliphatic heterocycles. The van der Waals surface area contributed by atoms with Crippen molar-refractivity contribution in [3.05, 3.63) is 58.6 Å². The lowest BCUT2D eigenvalue weighted by Crippen LogP contribution is -2.40. The topological polar surface area (TPSA) is 95.9 Å². The second-order valence-electron chi connectivity index (χ2n) is 6.78. The van der Waals surface area contributed by atoms with Crippen molar-refractivity contribution in [1.29, 1.82) is 0 Å². The van der Waals surface area contributed by atoms with Gasteiger partial charge in [-0.2, -0.15) is 0 Å². The summed E-state index contributed by atoms with van der Waals surface area (Å²) in [6, 6.07) is 11.3. The van der Waals surface area contributed by atoms with Crippen LogP contribution in [0, 0.1) is 5.92 Å². The fraction of sp³-hybridized carbons (Fsp3) is 0.286. The molecule has 3 rings (SSSR count). The van der Waals surface area contributed by atoms with Gasteiger partial charge < -0.3 is 20.1 Å². The van der Waals surface area contributed by atoms with Gasteiger partial charge in [-0.15, -0.1) is 0 Å². The summed E-state index contributed by atoms with van der Waals surface area (Å²) in [5.74, 6) is -1.32. The Hall–Kier alpha value is -3.06. The van der Waals surface area contributed by atoms with Crippen molar-refractivity contribution >= 4 is 35.1 Å². The molecule has 0 spiro atoms. The van der Waals surface area contributed by atoms with E-state index < -0.39 is 5.97 Å². The van der Waals surface area contributed by atoms with E-state index in [9.17, 15) is 14.4 Å². The molecule has 0 aliphatic carbocycles. The molecule has 0 unspecified atom stereocenters. The minimum Gasteiger partial charge on any atom is -0.496 e. The van der Waals surface area contributed by atoms with Gasteiger partial charge in [0, 0.05) is 29.4 Å².